The van der Waals surface area contributed by atoms with E-state index in [0.29, 0.717) is 0 Å². The zero-order valence-corrected chi connectivity index (χ0v) is 23.8. The molecule has 0 unspecified atom stereocenters. The molecule has 0 atom stereocenters. The van der Waals surface area contributed by atoms with Crippen LogP contribution in [-0.2, 0) is 5.41 Å². The zero-order valence-electron chi connectivity index (χ0n) is 23.8. The van der Waals surface area contributed by atoms with Gasteiger partial charge in [-0.15, -0.1) is 10.2 Å². The second kappa shape index (κ2) is 9.15. The molecule has 0 spiro atoms. The van der Waals surface area contributed by atoms with Crippen molar-refractivity contribution in [2.75, 3.05) is 0 Å². The molecule has 5 aromatic carbocycles. The molecule has 3 heterocycles. The van der Waals surface area contributed by atoms with Gasteiger partial charge in [0.1, 0.15) is 11.2 Å². The Kier molecular flexibility index (Phi) is 5.35. The third-order valence-electron chi connectivity index (χ3n) is 8.33. The molecule has 0 N–H and O–H groups in total. The molecule has 0 radical (unpaired) electrons. The lowest BCUT2D eigenvalue weighted by atomic mass is 9.86. The number of hydrogen-bond acceptors (Lipinski definition) is 3. The van der Waals surface area contributed by atoms with Crippen molar-refractivity contribution in [1.82, 2.24) is 14.6 Å². The fraction of sp³-hybridized carbons (Fsp3) is 0.105. The van der Waals surface area contributed by atoms with Crippen LogP contribution in [0.15, 0.2) is 126 Å². The summed E-state index contributed by atoms with van der Waals surface area (Å²) in [5.74, 6) is 0.816. The van der Waals surface area contributed by atoms with Crippen LogP contribution in [-0.4, -0.2) is 14.6 Å². The molecule has 42 heavy (non-hydrogen) atoms. The van der Waals surface area contributed by atoms with Gasteiger partial charge in [0, 0.05) is 39.0 Å². The molecule has 0 amide bonds. The number of benzene rings is 5. The summed E-state index contributed by atoms with van der Waals surface area (Å²) in [5, 5.41) is 13.8. The number of fused-ring (bicyclic) bond motifs is 6. The Morgan fingerprint density at radius 2 is 1.17 bits per heavy atom. The Morgan fingerprint density at radius 3 is 1.93 bits per heavy atom. The number of pyridine rings is 1. The molecule has 8 rings (SSSR count). The summed E-state index contributed by atoms with van der Waals surface area (Å²) < 4.78 is 8.42. The topological polar surface area (TPSA) is 43.3 Å². The van der Waals surface area contributed by atoms with Crippen molar-refractivity contribution < 1.29 is 4.42 Å². The van der Waals surface area contributed by atoms with E-state index in [9.17, 15) is 0 Å². The normalized spacial score (nSPS) is 12.2. The van der Waals surface area contributed by atoms with Crippen molar-refractivity contribution in [3.05, 3.63) is 127 Å². The minimum absolute atomic E-state index is 0.105. The SMILES string of the molecule is CC(C)(C)c1ccc(-c2cn3c(-c4ccc(-c5cccc6c5oc5ccccc56)cc4)nnc3c3ccccc23)cc1. The van der Waals surface area contributed by atoms with Crippen LogP contribution in [0.2, 0.25) is 0 Å². The second-order valence-electron chi connectivity index (χ2n) is 12.0. The highest BCUT2D eigenvalue weighted by molar-refractivity contribution is 6.09. The zero-order chi connectivity index (χ0) is 28.4. The first kappa shape index (κ1) is 24.6. The lowest BCUT2D eigenvalue weighted by molar-refractivity contribution is 0.590. The van der Waals surface area contributed by atoms with Gasteiger partial charge in [0.15, 0.2) is 11.5 Å². The van der Waals surface area contributed by atoms with Crippen LogP contribution in [0.3, 0.4) is 0 Å². The van der Waals surface area contributed by atoms with E-state index in [1.165, 1.54) is 16.5 Å². The second-order valence-corrected chi connectivity index (χ2v) is 12.0. The molecule has 0 bridgehead atoms. The van der Waals surface area contributed by atoms with E-state index < -0.39 is 0 Å². The summed E-state index contributed by atoms with van der Waals surface area (Å²) >= 11 is 0. The number of para-hydroxylation sites is 2. The van der Waals surface area contributed by atoms with Crippen molar-refractivity contribution in [2.24, 2.45) is 0 Å². The van der Waals surface area contributed by atoms with Gasteiger partial charge in [-0.1, -0.05) is 130 Å². The molecule has 4 heteroatoms. The van der Waals surface area contributed by atoms with Gasteiger partial charge in [-0.25, -0.2) is 0 Å². The van der Waals surface area contributed by atoms with Gasteiger partial charge < -0.3 is 4.42 Å². The van der Waals surface area contributed by atoms with Gasteiger partial charge >= 0.3 is 0 Å². The fourth-order valence-corrected chi connectivity index (χ4v) is 6.06. The molecule has 3 aromatic heterocycles. The van der Waals surface area contributed by atoms with Crippen molar-refractivity contribution in [2.45, 2.75) is 26.2 Å². The number of hydrogen-bond donors (Lipinski definition) is 0. The first-order valence-corrected chi connectivity index (χ1v) is 14.3. The van der Waals surface area contributed by atoms with Gasteiger partial charge in [-0.3, -0.25) is 4.40 Å². The van der Waals surface area contributed by atoms with Crippen molar-refractivity contribution >= 4 is 38.4 Å². The van der Waals surface area contributed by atoms with Crippen LogP contribution in [0, 0.1) is 0 Å². The molecule has 0 aliphatic carbocycles. The third kappa shape index (κ3) is 3.83. The molecule has 8 aromatic rings. The Labute approximate surface area is 243 Å². The third-order valence-corrected chi connectivity index (χ3v) is 8.33. The van der Waals surface area contributed by atoms with E-state index in [2.05, 4.69) is 145 Å². The van der Waals surface area contributed by atoms with Gasteiger partial charge in [0.25, 0.3) is 0 Å². The summed E-state index contributed by atoms with van der Waals surface area (Å²) in [6.07, 6.45) is 2.18. The number of furan rings is 1. The highest BCUT2D eigenvalue weighted by Gasteiger charge is 2.18. The summed E-state index contributed by atoms with van der Waals surface area (Å²) in [5.41, 5.74) is 9.61. The molecule has 0 saturated heterocycles. The smallest absolute Gasteiger partial charge is 0.169 e. The Hall–Kier alpha value is -5.22. The maximum atomic E-state index is 6.29. The van der Waals surface area contributed by atoms with Gasteiger partial charge in [0.05, 0.1) is 0 Å². The summed E-state index contributed by atoms with van der Waals surface area (Å²) in [6.45, 7) is 6.74. The van der Waals surface area contributed by atoms with E-state index in [0.717, 1.165) is 61.1 Å². The molecule has 202 valence electrons. The number of nitrogens with zero attached hydrogens (tertiary/aromatic N) is 3. The molecule has 4 nitrogen and oxygen atoms in total. The lowest BCUT2D eigenvalue weighted by Gasteiger charge is -2.19. The van der Waals surface area contributed by atoms with E-state index in [1.807, 2.05) is 12.1 Å². The minimum Gasteiger partial charge on any atom is -0.455 e. The van der Waals surface area contributed by atoms with E-state index >= 15 is 0 Å². The predicted octanol–water partition coefficient (Wildman–Crippen LogP) is 10.1. The highest BCUT2D eigenvalue weighted by atomic mass is 16.3. The van der Waals surface area contributed by atoms with Crippen LogP contribution < -0.4 is 0 Å². The van der Waals surface area contributed by atoms with Crippen molar-refractivity contribution in [1.29, 1.82) is 0 Å². The summed E-state index contributed by atoms with van der Waals surface area (Å²) in [6, 6.07) is 40.5. The molecule has 0 saturated carbocycles. The standard InChI is InChI=1S/C38H29N3O/c1-38(2,3)27-21-19-25(20-22-27)33-23-41-36(39-40-37(41)32-11-5-4-9-29(32)33)26-17-15-24(16-18-26)28-12-8-13-31-30-10-6-7-14-34(30)42-35(28)31/h4-23H,1-3H3. The van der Waals surface area contributed by atoms with E-state index in [1.54, 1.807) is 0 Å². The number of aromatic nitrogens is 3. The average molecular weight is 544 g/mol. The molecular formula is C38H29N3O. The Morgan fingerprint density at radius 1 is 0.548 bits per heavy atom. The first-order valence-electron chi connectivity index (χ1n) is 14.3. The maximum Gasteiger partial charge on any atom is 0.169 e. The van der Waals surface area contributed by atoms with Gasteiger partial charge in [0.2, 0.25) is 0 Å². The Bertz CT molecular complexity index is 2260. The van der Waals surface area contributed by atoms with Crippen molar-refractivity contribution in [3.8, 4) is 33.6 Å². The van der Waals surface area contributed by atoms with E-state index in [-0.39, 0.29) is 5.41 Å². The van der Waals surface area contributed by atoms with Gasteiger partial charge in [-0.05, 0) is 33.6 Å². The van der Waals surface area contributed by atoms with E-state index in [4.69, 9.17) is 4.42 Å². The number of rotatable bonds is 3. The Balaban J connectivity index is 1.25. The first-order chi connectivity index (χ1) is 20.5. The average Bonchev–Trinajstić information content (AvgIpc) is 3.62. The van der Waals surface area contributed by atoms with Crippen LogP contribution >= 0.6 is 0 Å². The van der Waals surface area contributed by atoms with Crippen molar-refractivity contribution in [3.63, 3.8) is 0 Å². The van der Waals surface area contributed by atoms with Crippen LogP contribution in [0.25, 0.3) is 72.0 Å². The molecule has 0 aliphatic rings. The van der Waals surface area contributed by atoms with Crippen LogP contribution in [0.1, 0.15) is 26.3 Å². The van der Waals surface area contributed by atoms with Crippen LogP contribution in [0.4, 0.5) is 0 Å². The largest absolute Gasteiger partial charge is 0.455 e. The molecular weight excluding hydrogens is 514 g/mol. The molecule has 0 aliphatic heterocycles. The highest BCUT2D eigenvalue weighted by Crippen LogP contribution is 2.37. The minimum atomic E-state index is 0.105. The molecule has 0 fully saturated rings. The monoisotopic (exact) mass is 543 g/mol. The summed E-state index contributed by atoms with van der Waals surface area (Å²) in [4.78, 5) is 0. The predicted molar refractivity (Wildman–Crippen MR) is 173 cm³/mol. The van der Waals surface area contributed by atoms with Crippen LogP contribution in [0.5, 0.6) is 0 Å². The lowest BCUT2D eigenvalue weighted by Crippen LogP contribution is -2.10. The quantitative estimate of drug-likeness (QED) is 0.223. The maximum absolute atomic E-state index is 6.29. The fourth-order valence-electron chi connectivity index (χ4n) is 6.06. The summed E-state index contributed by atoms with van der Waals surface area (Å²) in [7, 11) is 0. The van der Waals surface area contributed by atoms with Gasteiger partial charge in [-0.2, -0.15) is 0 Å².